The smallest absolute Gasteiger partial charge is 0.219 e. The molecule has 0 bridgehead atoms. The van der Waals surface area contributed by atoms with Gasteiger partial charge in [-0.3, -0.25) is 9.69 Å². The fraction of sp³-hybridized carbons (Fsp3) is 0.552. The number of aryl methyl sites for hydroxylation is 2. The van der Waals surface area contributed by atoms with Gasteiger partial charge in [-0.15, -0.1) is 0 Å². The van der Waals surface area contributed by atoms with Crippen molar-refractivity contribution in [2.45, 2.75) is 44.8 Å². The third kappa shape index (κ3) is 7.15. The Balaban J connectivity index is 1.41. The van der Waals surface area contributed by atoms with Crippen LogP contribution < -0.4 is 14.4 Å². The lowest BCUT2D eigenvalue weighted by Crippen LogP contribution is -2.55. The van der Waals surface area contributed by atoms with E-state index in [0.29, 0.717) is 44.8 Å². The monoisotopic (exact) mass is 511 g/mol. The topological polar surface area (TPSA) is 85.7 Å². The van der Waals surface area contributed by atoms with Crippen LogP contribution in [-0.2, 0) is 4.79 Å². The minimum absolute atomic E-state index is 0.0677. The highest BCUT2D eigenvalue weighted by molar-refractivity contribution is 5.73. The number of β-amino-alcohol motifs (C(OH)–C–C–N with tert-alkyl or cyclic N) is 2. The van der Waals surface area contributed by atoms with Crippen molar-refractivity contribution in [1.29, 1.82) is 0 Å². The largest absolute Gasteiger partial charge is 0.497 e. The Morgan fingerprint density at radius 2 is 1.62 bits per heavy atom. The van der Waals surface area contributed by atoms with Crippen LogP contribution in [0.2, 0.25) is 0 Å². The van der Waals surface area contributed by atoms with Crippen molar-refractivity contribution in [1.82, 2.24) is 9.80 Å². The fourth-order valence-corrected chi connectivity index (χ4v) is 5.53. The number of aliphatic hydroxyl groups is 2. The van der Waals surface area contributed by atoms with Gasteiger partial charge in [-0.05, 0) is 62.1 Å². The van der Waals surface area contributed by atoms with Crippen LogP contribution in [0.1, 0.15) is 30.9 Å². The molecule has 37 heavy (non-hydrogen) atoms. The number of hydrogen-bond donors (Lipinski definition) is 2. The first-order chi connectivity index (χ1) is 17.6. The van der Waals surface area contributed by atoms with Gasteiger partial charge in [0.25, 0.3) is 0 Å². The molecule has 0 unspecified atom stereocenters. The molecule has 4 rings (SSSR count). The van der Waals surface area contributed by atoms with E-state index in [1.165, 1.54) is 6.92 Å². The zero-order chi connectivity index (χ0) is 26.6. The summed E-state index contributed by atoms with van der Waals surface area (Å²) in [6.07, 6.45) is 1.24. The van der Waals surface area contributed by atoms with Crippen LogP contribution in [-0.4, -0.2) is 96.7 Å². The van der Waals surface area contributed by atoms with E-state index in [2.05, 4.69) is 21.9 Å². The normalized spacial score (nSPS) is 22.4. The van der Waals surface area contributed by atoms with Crippen LogP contribution in [0.5, 0.6) is 11.5 Å². The molecule has 0 radical (unpaired) electrons. The van der Waals surface area contributed by atoms with E-state index in [1.807, 2.05) is 44.2 Å². The van der Waals surface area contributed by atoms with E-state index in [0.717, 1.165) is 35.7 Å². The van der Waals surface area contributed by atoms with Crippen molar-refractivity contribution >= 4 is 11.6 Å². The van der Waals surface area contributed by atoms with Gasteiger partial charge in [0.1, 0.15) is 23.7 Å². The van der Waals surface area contributed by atoms with Crippen molar-refractivity contribution in [3.63, 3.8) is 0 Å². The summed E-state index contributed by atoms with van der Waals surface area (Å²) in [4.78, 5) is 18.3. The zero-order valence-corrected chi connectivity index (χ0v) is 22.6. The van der Waals surface area contributed by atoms with E-state index in [4.69, 9.17) is 9.47 Å². The summed E-state index contributed by atoms with van der Waals surface area (Å²) in [6, 6.07) is 14.0. The first-order valence-corrected chi connectivity index (χ1v) is 13.1. The third-order valence-electron chi connectivity index (χ3n) is 7.47. The minimum atomic E-state index is -1.25. The molecule has 8 heteroatoms. The first kappa shape index (κ1) is 27.2. The van der Waals surface area contributed by atoms with E-state index < -0.39 is 11.2 Å². The second kappa shape index (κ2) is 11.3. The van der Waals surface area contributed by atoms with Crippen molar-refractivity contribution in [3.05, 3.63) is 53.6 Å². The number of hydrogen-bond acceptors (Lipinski definition) is 7. The summed E-state index contributed by atoms with van der Waals surface area (Å²) >= 11 is 0. The maximum absolute atomic E-state index is 12.3. The Hall–Kier alpha value is -2.81. The first-order valence-electron chi connectivity index (χ1n) is 13.1. The molecule has 1 amide bonds. The zero-order valence-electron chi connectivity index (χ0n) is 22.6. The highest BCUT2D eigenvalue weighted by Gasteiger charge is 2.41. The number of carbonyl (C=O) groups excluding carboxylic acids is 1. The SMILES string of the molecule is COc1cccc(N2CCC(O)(CN3CCN(C(C)=O)C[C@](O)(COc4cc(C)cc(C)c4)C3)CC2)c1. The Morgan fingerprint density at radius 3 is 2.27 bits per heavy atom. The average Bonchev–Trinajstić information content (AvgIpc) is 3.01. The highest BCUT2D eigenvalue weighted by atomic mass is 16.5. The molecule has 2 saturated heterocycles. The molecular weight excluding hydrogens is 470 g/mol. The molecule has 0 aromatic heterocycles. The molecule has 1 atom stereocenters. The number of rotatable bonds is 7. The van der Waals surface area contributed by atoms with Crippen LogP contribution in [0.4, 0.5) is 5.69 Å². The summed E-state index contributed by atoms with van der Waals surface area (Å²) in [5.74, 6) is 1.46. The maximum Gasteiger partial charge on any atom is 0.219 e. The molecule has 0 spiro atoms. The van der Waals surface area contributed by atoms with Gasteiger partial charge in [0.05, 0.1) is 19.3 Å². The number of benzene rings is 2. The van der Waals surface area contributed by atoms with Crippen LogP contribution in [0.15, 0.2) is 42.5 Å². The van der Waals surface area contributed by atoms with Crippen LogP contribution >= 0.6 is 0 Å². The highest BCUT2D eigenvalue weighted by Crippen LogP contribution is 2.30. The van der Waals surface area contributed by atoms with Crippen molar-refractivity contribution in [3.8, 4) is 11.5 Å². The lowest BCUT2D eigenvalue weighted by Gasteiger charge is -2.42. The van der Waals surface area contributed by atoms with Gasteiger partial charge in [-0.25, -0.2) is 0 Å². The molecule has 2 N–H and O–H groups in total. The lowest BCUT2D eigenvalue weighted by atomic mass is 9.90. The Labute approximate surface area is 220 Å². The van der Waals surface area contributed by atoms with E-state index in [-0.39, 0.29) is 19.1 Å². The van der Waals surface area contributed by atoms with Gasteiger partial charge in [-0.1, -0.05) is 12.1 Å². The molecule has 2 heterocycles. The van der Waals surface area contributed by atoms with Gasteiger partial charge in [0.2, 0.25) is 5.91 Å². The second-order valence-electron chi connectivity index (χ2n) is 10.9. The summed E-state index contributed by atoms with van der Waals surface area (Å²) in [6.45, 7) is 9.15. The Morgan fingerprint density at radius 1 is 0.919 bits per heavy atom. The number of ether oxygens (including phenoxy) is 2. The van der Waals surface area contributed by atoms with E-state index in [9.17, 15) is 15.0 Å². The molecule has 2 aliphatic rings. The number of methoxy groups -OCH3 is 1. The molecule has 0 saturated carbocycles. The number of carbonyl (C=O) groups is 1. The standard InChI is InChI=1S/C29H41N3O5/c1-22-14-23(2)16-27(15-22)37-21-29(35)19-30(12-13-32(20-29)24(3)33)18-28(34)8-10-31(11-9-28)25-6-5-7-26(17-25)36-4/h5-7,14-17,34-35H,8-13,18-21H2,1-4H3/t29-/m0/s1. The fourth-order valence-electron chi connectivity index (χ4n) is 5.53. The van der Waals surface area contributed by atoms with E-state index in [1.54, 1.807) is 12.0 Å². The quantitative estimate of drug-likeness (QED) is 0.591. The summed E-state index contributed by atoms with van der Waals surface area (Å²) in [5.41, 5.74) is 1.16. The van der Waals surface area contributed by atoms with Gasteiger partial charge in [0, 0.05) is 57.9 Å². The summed E-state index contributed by atoms with van der Waals surface area (Å²) in [7, 11) is 1.66. The molecule has 2 fully saturated rings. The summed E-state index contributed by atoms with van der Waals surface area (Å²) in [5, 5.41) is 23.1. The van der Waals surface area contributed by atoms with Crippen LogP contribution in [0, 0.1) is 13.8 Å². The van der Waals surface area contributed by atoms with Crippen molar-refractivity contribution < 1.29 is 24.5 Å². The predicted molar refractivity (Wildman–Crippen MR) is 144 cm³/mol. The second-order valence-corrected chi connectivity index (χ2v) is 10.9. The number of nitrogens with zero attached hydrogens (tertiary/aromatic N) is 3. The number of amides is 1. The van der Waals surface area contributed by atoms with Crippen molar-refractivity contribution in [2.24, 2.45) is 0 Å². The van der Waals surface area contributed by atoms with Gasteiger partial charge >= 0.3 is 0 Å². The molecule has 8 nitrogen and oxygen atoms in total. The van der Waals surface area contributed by atoms with Crippen LogP contribution in [0.25, 0.3) is 0 Å². The Bertz CT molecular complexity index is 1060. The summed E-state index contributed by atoms with van der Waals surface area (Å²) < 4.78 is 11.4. The molecule has 2 aliphatic heterocycles. The average molecular weight is 512 g/mol. The number of anilines is 1. The predicted octanol–water partition coefficient (Wildman–Crippen LogP) is 2.62. The van der Waals surface area contributed by atoms with Crippen LogP contribution in [0.3, 0.4) is 0 Å². The molecule has 2 aromatic carbocycles. The minimum Gasteiger partial charge on any atom is -0.497 e. The molecular formula is C29H41N3O5. The van der Waals surface area contributed by atoms with Gasteiger partial charge in [0.15, 0.2) is 0 Å². The lowest BCUT2D eigenvalue weighted by molar-refractivity contribution is -0.132. The van der Waals surface area contributed by atoms with Gasteiger partial charge in [-0.2, -0.15) is 0 Å². The maximum atomic E-state index is 12.3. The molecule has 0 aliphatic carbocycles. The van der Waals surface area contributed by atoms with E-state index >= 15 is 0 Å². The third-order valence-corrected chi connectivity index (χ3v) is 7.47. The molecule has 202 valence electrons. The Kier molecular flexibility index (Phi) is 8.31. The van der Waals surface area contributed by atoms with Crippen molar-refractivity contribution in [2.75, 3.05) is 64.4 Å². The van der Waals surface area contributed by atoms with Gasteiger partial charge < -0.3 is 29.5 Å². The molecule has 2 aromatic rings. The number of piperidine rings is 1.